The van der Waals surface area contributed by atoms with Crippen LogP contribution < -0.4 is 15.4 Å². The zero-order chi connectivity index (χ0) is 20.5. The van der Waals surface area contributed by atoms with Gasteiger partial charge in [0.2, 0.25) is 11.8 Å². The molecule has 0 bridgehead atoms. The molecular weight excluding hydrogens is 384 g/mol. The molecule has 0 saturated carbocycles. The molecule has 8 nitrogen and oxygen atoms in total. The molecule has 3 aromatic rings. The maximum Gasteiger partial charge on any atom is 0.235 e. The summed E-state index contributed by atoms with van der Waals surface area (Å²) >= 11 is 0. The van der Waals surface area contributed by atoms with E-state index in [1.165, 1.54) is 0 Å². The number of fused-ring (bicyclic) bond motifs is 3. The van der Waals surface area contributed by atoms with Crippen LogP contribution in [0.15, 0.2) is 34.9 Å². The average Bonchev–Trinajstić information content (AvgIpc) is 3.19. The van der Waals surface area contributed by atoms with E-state index in [0.717, 1.165) is 54.6 Å². The lowest BCUT2D eigenvalue weighted by molar-refractivity contribution is -0.134. The third kappa shape index (κ3) is 3.64. The molecule has 5 rings (SSSR count). The molecule has 2 aliphatic rings. The van der Waals surface area contributed by atoms with Crippen LogP contribution in [0.25, 0.3) is 21.7 Å². The number of carbonyl (C=O) groups excluding carboxylic acids is 2. The fourth-order valence-electron chi connectivity index (χ4n) is 4.28. The van der Waals surface area contributed by atoms with Gasteiger partial charge in [-0.3, -0.25) is 19.8 Å². The Labute approximate surface area is 173 Å². The fraction of sp³-hybridized carbons (Fsp3) is 0.409. The number of hydrogen-bond acceptors (Lipinski definition) is 7. The van der Waals surface area contributed by atoms with Gasteiger partial charge < -0.3 is 14.6 Å². The van der Waals surface area contributed by atoms with Crippen molar-refractivity contribution in [2.45, 2.75) is 18.8 Å². The van der Waals surface area contributed by atoms with Gasteiger partial charge in [-0.2, -0.15) is 0 Å². The van der Waals surface area contributed by atoms with Gasteiger partial charge in [0.1, 0.15) is 18.1 Å². The number of piperidine rings is 1. The summed E-state index contributed by atoms with van der Waals surface area (Å²) in [7, 11) is 0. The van der Waals surface area contributed by atoms with Gasteiger partial charge in [0, 0.05) is 39.1 Å². The Morgan fingerprint density at radius 1 is 1.17 bits per heavy atom. The minimum absolute atomic E-state index is 0.239. The highest BCUT2D eigenvalue weighted by atomic mass is 16.5. The van der Waals surface area contributed by atoms with Crippen LogP contribution in [0, 0.1) is 0 Å². The third-order valence-electron chi connectivity index (χ3n) is 5.91. The topological polar surface area (TPSA) is 96.7 Å². The van der Waals surface area contributed by atoms with E-state index < -0.39 is 5.92 Å². The monoisotopic (exact) mass is 408 g/mol. The molecule has 0 aliphatic carbocycles. The van der Waals surface area contributed by atoms with Crippen LogP contribution in [-0.4, -0.2) is 61.2 Å². The van der Waals surface area contributed by atoms with E-state index in [4.69, 9.17) is 9.26 Å². The normalized spacial score (nSPS) is 20.6. The number of hydrogen-bond donors (Lipinski definition) is 2. The highest BCUT2D eigenvalue weighted by molar-refractivity contribution is 6.10. The Morgan fingerprint density at radius 2 is 2.03 bits per heavy atom. The highest BCUT2D eigenvalue weighted by Gasteiger charge is 2.32. The van der Waals surface area contributed by atoms with Crippen molar-refractivity contribution in [1.29, 1.82) is 0 Å². The smallest absolute Gasteiger partial charge is 0.235 e. The van der Waals surface area contributed by atoms with Crippen molar-refractivity contribution in [3.05, 3.63) is 36.0 Å². The lowest BCUT2D eigenvalue weighted by Gasteiger charge is -2.26. The van der Waals surface area contributed by atoms with E-state index in [1.807, 2.05) is 30.3 Å². The van der Waals surface area contributed by atoms with Crippen LogP contribution in [0.4, 0.5) is 0 Å². The Hall–Kier alpha value is -2.97. The van der Waals surface area contributed by atoms with Gasteiger partial charge in [0.15, 0.2) is 5.58 Å². The molecule has 2 N–H and O–H groups in total. The Bertz CT molecular complexity index is 1100. The van der Waals surface area contributed by atoms with Gasteiger partial charge in [-0.1, -0.05) is 11.2 Å². The van der Waals surface area contributed by atoms with Crippen LogP contribution in [0.2, 0.25) is 0 Å². The number of imide groups is 1. The zero-order valence-electron chi connectivity index (χ0n) is 16.6. The quantitative estimate of drug-likeness (QED) is 0.621. The second-order valence-electron chi connectivity index (χ2n) is 7.83. The van der Waals surface area contributed by atoms with Gasteiger partial charge in [0.25, 0.3) is 0 Å². The Morgan fingerprint density at radius 3 is 2.87 bits per heavy atom. The molecular formula is C22H24N4O4. The van der Waals surface area contributed by atoms with Crippen molar-refractivity contribution in [3.63, 3.8) is 0 Å². The van der Waals surface area contributed by atoms with Crippen molar-refractivity contribution >= 4 is 33.6 Å². The van der Waals surface area contributed by atoms with Crippen molar-refractivity contribution in [3.8, 4) is 5.75 Å². The maximum atomic E-state index is 12.3. The van der Waals surface area contributed by atoms with Crippen molar-refractivity contribution < 1.29 is 18.8 Å². The number of ether oxygens (including phenoxy) is 1. The molecule has 3 heterocycles. The predicted molar refractivity (Wildman–Crippen MR) is 111 cm³/mol. The Balaban J connectivity index is 1.39. The summed E-state index contributed by atoms with van der Waals surface area (Å²) in [5, 5.41) is 12.7. The molecule has 2 aliphatic heterocycles. The minimum atomic E-state index is -0.482. The largest absolute Gasteiger partial charge is 0.492 e. The van der Waals surface area contributed by atoms with E-state index in [9.17, 15) is 9.59 Å². The summed E-state index contributed by atoms with van der Waals surface area (Å²) in [6.07, 6.45) is 0.747. The second kappa shape index (κ2) is 8.04. The standard InChI is InChI=1S/C22H24N4O4/c27-19-6-4-17(22(28)24-19)21-20-16-3-2-15(13-14(16)1-5-18(20)30-25-21)29-12-11-26-9-7-23-8-10-26/h1-3,5,13,17,23H,4,6-12H2,(H,24,27,28)/t17-/m1/s1. The summed E-state index contributed by atoms with van der Waals surface area (Å²) in [6.45, 7) is 5.71. The molecule has 2 aromatic carbocycles. The molecule has 156 valence electrons. The lowest BCUT2D eigenvalue weighted by Crippen LogP contribution is -2.44. The molecule has 0 spiro atoms. The predicted octanol–water partition coefficient (Wildman–Crippen LogP) is 1.79. The number of nitrogens with zero attached hydrogens (tertiary/aromatic N) is 2. The van der Waals surface area contributed by atoms with Crippen LogP contribution in [0.3, 0.4) is 0 Å². The molecule has 1 atom stereocenters. The van der Waals surface area contributed by atoms with Crippen LogP contribution in [0.5, 0.6) is 5.75 Å². The fourth-order valence-corrected chi connectivity index (χ4v) is 4.28. The maximum absolute atomic E-state index is 12.3. The van der Waals surface area contributed by atoms with Gasteiger partial charge in [-0.15, -0.1) is 0 Å². The minimum Gasteiger partial charge on any atom is -0.492 e. The number of aromatic nitrogens is 1. The first-order valence-corrected chi connectivity index (χ1v) is 10.4. The summed E-state index contributed by atoms with van der Waals surface area (Å²) in [5.41, 5.74) is 1.22. The van der Waals surface area contributed by atoms with E-state index in [0.29, 0.717) is 30.7 Å². The van der Waals surface area contributed by atoms with E-state index in [-0.39, 0.29) is 11.8 Å². The molecule has 1 aromatic heterocycles. The van der Waals surface area contributed by atoms with Crippen molar-refractivity contribution in [1.82, 2.24) is 20.7 Å². The number of nitrogens with one attached hydrogen (secondary N) is 2. The molecule has 2 fully saturated rings. The average molecular weight is 408 g/mol. The molecule has 0 unspecified atom stereocenters. The van der Waals surface area contributed by atoms with E-state index in [2.05, 4.69) is 20.7 Å². The van der Waals surface area contributed by atoms with Crippen LogP contribution in [0.1, 0.15) is 24.5 Å². The number of rotatable bonds is 5. The zero-order valence-corrected chi connectivity index (χ0v) is 16.6. The van der Waals surface area contributed by atoms with Gasteiger partial charge in [-0.25, -0.2) is 0 Å². The number of amides is 2. The highest BCUT2D eigenvalue weighted by Crippen LogP contribution is 2.36. The Kier molecular flexibility index (Phi) is 5.10. The third-order valence-corrected chi connectivity index (χ3v) is 5.91. The van der Waals surface area contributed by atoms with Gasteiger partial charge in [0.05, 0.1) is 11.3 Å². The first-order valence-electron chi connectivity index (χ1n) is 10.4. The van der Waals surface area contributed by atoms with E-state index >= 15 is 0 Å². The van der Waals surface area contributed by atoms with E-state index in [1.54, 1.807) is 0 Å². The summed E-state index contributed by atoms with van der Waals surface area (Å²) in [6, 6.07) is 9.78. The molecule has 30 heavy (non-hydrogen) atoms. The van der Waals surface area contributed by atoms with Crippen molar-refractivity contribution in [2.24, 2.45) is 0 Å². The van der Waals surface area contributed by atoms with Crippen LogP contribution in [-0.2, 0) is 9.59 Å². The summed E-state index contributed by atoms with van der Waals surface area (Å²) in [4.78, 5) is 26.2. The second-order valence-corrected chi connectivity index (χ2v) is 7.83. The first kappa shape index (κ1) is 19.0. The summed E-state index contributed by atoms with van der Waals surface area (Å²) < 4.78 is 11.5. The van der Waals surface area contributed by atoms with Gasteiger partial charge in [-0.05, 0) is 41.5 Å². The van der Waals surface area contributed by atoms with Gasteiger partial charge >= 0.3 is 0 Å². The molecule has 8 heteroatoms. The first-order chi connectivity index (χ1) is 14.7. The molecule has 0 radical (unpaired) electrons. The number of benzene rings is 2. The molecule has 2 saturated heterocycles. The van der Waals surface area contributed by atoms with Crippen LogP contribution >= 0.6 is 0 Å². The summed E-state index contributed by atoms with van der Waals surface area (Å²) in [5.74, 6) is -0.219. The number of carbonyl (C=O) groups is 2. The SMILES string of the molecule is O=C1CC[C@H](c2noc3ccc4cc(OCCN5CCNCC5)ccc4c23)C(=O)N1. The molecule has 2 amide bonds. The van der Waals surface area contributed by atoms with Crippen molar-refractivity contribution in [2.75, 3.05) is 39.3 Å². The lowest BCUT2D eigenvalue weighted by atomic mass is 9.91. The number of piperazine rings is 1.